The molecule has 134 valence electrons. The van der Waals surface area contributed by atoms with E-state index in [0.717, 1.165) is 5.56 Å². The Morgan fingerprint density at radius 2 is 1.81 bits per heavy atom. The van der Waals surface area contributed by atoms with Gasteiger partial charge in [-0.05, 0) is 33.8 Å². The smallest absolute Gasteiger partial charge is 0.339 e. The lowest BCUT2D eigenvalue weighted by Gasteiger charge is -2.13. The van der Waals surface area contributed by atoms with Crippen LogP contribution in [-0.2, 0) is 9.53 Å². The Kier molecular flexibility index (Phi) is 4.84. The van der Waals surface area contributed by atoms with Gasteiger partial charge in [-0.3, -0.25) is 4.79 Å². The molecule has 0 aliphatic heterocycles. The molecule has 0 spiro atoms. The first-order valence-electron chi connectivity index (χ1n) is 8.53. The molecule has 0 aliphatic carbocycles. The number of nitrogens with zero attached hydrogens (tertiary/aromatic N) is 3. The van der Waals surface area contributed by atoms with Gasteiger partial charge in [0.05, 0.1) is 22.8 Å². The number of benzene rings is 1. The van der Waals surface area contributed by atoms with Crippen molar-refractivity contribution < 1.29 is 14.3 Å². The Morgan fingerprint density at radius 1 is 1.12 bits per heavy atom. The van der Waals surface area contributed by atoms with Gasteiger partial charge in [-0.1, -0.05) is 30.3 Å². The maximum Gasteiger partial charge on any atom is 0.339 e. The molecule has 0 saturated heterocycles. The third-order valence-corrected chi connectivity index (χ3v) is 4.20. The van der Waals surface area contributed by atoms with Crippen molar-refractivity contribution in [2.45, 2.75) is 39.8 Å². The third-order valence-electron chi connectivity index (χ3n) is 4.20. The van der Waals surface area contributed by atoms with Gasteiger partial charge in [0, 0.05) is 11.6 Å². The van der Waals surface area contributed by atoms with E-state index in [2.05, 4.69) is 5.10 Å². The minimum Gasteiger partial charge on any atom is -0.451 e. The lowest BCUT2D eigenvalue weighted by atomic mass is 10.1. The highest BCUT2D eigenvalue weighted by molar-refractivity contribution is 6.04. The first kappa shape index (κ1) is 17.8. The molecule has 3 aromatic rings. The van der Waals surface area contributed by atoms with Gasteiger partial charge in [0.1, 0.15) is 0 Å². The Balaban J connectivity index is 2.17. The number of fused-ring (bicyclic) bond motifs is 1. The highest BCUT2D eigenvalue weighted by Gasteiger charge is 2.22. The third kappa shape index (κ3) is 3.35. The van der Waals surface area contributed by atoms with E-state index < -0.39 is 12.1 Å². The standard InChI is InChI=1S/C20H21N3O3/c1-12(2)23-19-17(11-21-23)16(20(25)26-14(4)13(3)24)10-18(22-19)15-8-6-5-7-9-15/h5-12,14H,1-4H3. The van der Waals surface area contributed by atoms with Gasteiger partial charge in [0.25, 0.3) is 0 Å². The summed E-state index contributed by atoms with van der Waals surface area (Å²) in [6.45, 7) is 6.96. The number of rotatable bonds is 5. The first-order valence-corrected chi connectivity index (χ1v) is 8.53. The van der Waals surface area contributed by atoms with E-state index in [9.17, 15) is 9.59 Å². The van der Waals surface area contributed by atoms with E-state index in [-0.39, 0.29) is 11.8 Å². The summed E-state index contributed by atoms with van der Waals surface area (Å²) in [4.78, 5) is 28.9. The molecule has 0 bridgehead atoms. The summed E-state index contributed by atoms with van der Waals surface area (Å²) >= 11 is 0. The Hall–Kier alpha value is -3.02. The van der Waals surface area contributed by atoms with Crippen LogP contribution in [0.1, 0.15) is 44.1 Å². The second kappa shape index (κ2) is 7.07. The number of ketones is 1. The van der Waals surface area contributed by atoms with E-state index in [1.807, 2.05) is 44.2 Å². The number of carbonyl (C=O) groups is 2. The van der Waals surface area contributed by atoms with Crippen LogP contribution in [0.2, 0.25) is 0 Å². The van der Waals surface area contributed by atoms with Gasteiger partial charge < -0.3 is 4.74 Å². The molecule has 0 saturated carbocycles. The van der Waals surface area contributed by atoms with Crippen LogP contribution < -0.4 is 0 Å². The fourth-order valence-corrected chi connectivity index (χ4v) is 2.63. The van der Waals surface area contributed by atoms with Crippen molar-refractivity contribution in [1.82, 2.24) is 14.8 Å². The lowest BCUT2D eigenvalue weighted by molar-refractivity contribution is -0.124. The van der Waals surface area contributed by atoms with E-state index in [4.69, 9.17) is 9.72 Å². The minimum atomic E-state index is -0.800. The highest BCUT2D eigenvalue weighted by Crippen LogP contribution is 2.27. The van der Waals surface area contributed by atoms with Crippen molar-refractivity contribution in [1.29, 1.82) is 0 Å². The predicted molar refractivity (Wildman–Crippen MR) is 98.9 cm³/mol. The molecule has 0 radical (unpaired) electrons. The molecule has 2 heterocycles. The maximum absolute atomic E-state index is 12.7. The van der Waals surface area contributed by atoms with Crippen LogP contribution in [0.15, 0.2) is 42.6 Å². The topological polar surface area (TPSA) is 74.1 Å². The molecule has 3 rings (SSSR count). The minimum absolute atomic E-state index is 0.0889. The van der Waals surface area contributed by atoms with Gasteiger partial charge in [-0.2, -0.15) is 5.10 Å². The van der Waals surface area contributed by atoms with E-state index in [1.165, 1.54) is 6.92 Å². The molecule has 1 unspecified atom stereocenters. The van der Waals surface area contributed by atoms with Gasteiger partial charge >= 0.3 is 5.97 Å². The molecular formula is C20H21N3O3. The molecule has 6 nitrogen and oxygen atoms in total. The lowest BCUT2D eigenvalue weighted by Crippen LogP contribution is -2.22. The van der Waals surface area contributed by atoms with Crippen molar-refractivity contribution in [2.24, 2.45) is 0 Å². The summed E-state index contributed by atoms with van der Waals surface area (Å²) in [6, 6.07) is 11.4. The van der Waals surface area contributed by atoms with Gasteiger partial charge in [-0.25, -0.2) is 14.5 Å². The molecule has 0 fully saturated rings. The number of pyridine rings is 1. The van der Waals surface area contributed by atoms with Crippen LogP contribution in [0.4, 0.5) is 0 Å². The molecular weight excluding hydrogens is 330 g/mol. The number of hydrogen-bond donors (Lipinski definition) is 0. The molecule has 0 N–H and O–H groups in total. The van der Waals surface area contributed by atoms with Crippen LogP contribution in [0, 0.1) is 0 Å². The molecule has 0 aliphatic rings. The number of carbonyl (C=O) groups excluding carboxylic acids is 2. The fraction of sp³-hybridized carbons (Fsp3) is 0.300. The summed E-state index contributed by atoms with van der Waals surface area (Å²) in [5, 5.41) is 4.98. The first-order chi connectivity index (χ1) is 12.4. The van der Waals surface area contributed by atoms with Crippen LogP contribution in [-0.4, -0.2) is 32.6 Å². The van der Waals surface area contributed by atoms with E-state index >= 15 is 0 Å². The predicted octanol–water partition coefficient (Wildman–Crippen LogP) is 3.81. The summed E-state index contributed by atoms with van der Waals surface area (Å²) in [5.41, 5.74) is 2.51. The van der Waals surface area contributed by atoms with Gasteiger partial charge in [0.2, 0.25) is 0 Å². The zero-order valence-electron chi connectivity index (χ0n) is 15.3. The summed E-state index contributed by atoms with van der Waals surface area (Å²) < 4.78 is 7.08. The molecule has 1 atom stereocenters. The Labute approximate surface area is 151 Å². The molecule has 26 heavy (non-hydrogen) atoms. The highest BCUT2D eigenvalue weighted by atomic mass is 16.5. The second-order valence-electron chi connectivity index (χ2n) is 6.50. The zero-order chi connectivity index (χ0) is 18.8. The van der Waals surface area contributed by atoms with Gasteiger partial charge in [-0.15, -0.1) is 0 Å². The average molecular weight is 351 g/mol. The van der Waals surface area contributed by atoms with Crippen LogP contribution in [0.5, 0.6) is 0 Å². The Morgan fingerprint density at radius 3 is 2.42 bits per heavy atom. The number of aromatic nitrogens is 3. The SMILES string of the molecule is CC(=O)C(C)OC(=O)c1cc(-c2ccccc2)nc2c1cnn2C(C)C. The van der Waals surface area contributed by atoms with Crippen molar-refractivity contribution in [3.05, 3.63) is 48.2 Å². The summed E-state index contributed by atoms with van der Waals surface area (Å²) in [5.74, 6) is -0.759. The van der Waals surface area contributed by atoms with Crippen molar-refractivity contribution in [2.75, 3.05) is 0 Å². The summed E-state index contributed by atoms with van der Waals surface area (Å²) in [7, 11) is 0. The normalized spacial score (nSPS) is 12.3. The summed E-state index contributed by atoms with van der Waals surface area (Å²) in [6.07, 6.45) is 0.817. The molecule has 6 heteroatoms. The van der Waals surface area contributed by atoms with Crippen molar-refractivity contribution in [3.63, 3.8) is 0 Å². The monoisotopic (exact) mass is 351 g/mol. The second-order valence-corrected chi connectivity index (χ2v) is 6.50. The Bertz CT molecular complexity index is 961. The van der Waals surface area contributed by atoms with Crippen LogP contribution in [0.3, 0.4) is 0 Å². The number of hydrogen-bond acceptors (Lipinski definition) is 5. The zero-order valence-corrected chi connectivity index (χ0v) is 15.3. The maximum atomic E-state index is 12.7. The fourth-order valence-electron chi connectivity index (χ4n) is 2.63. The van der Waals surface area contributed by atoms with Crippen molar-refractivity contribution >= 4 is 22.8 Å². The average Bonchev–Trinajstić information content (AvgIpc) is 3.05. The molecule has 0 amide bonds. The van der Waals surface area contributed by atoms with E-state index in [1.54, 1.807) is 23.9 Å². The van der Waals surface area contributed by atoms with E-state index in [0.29, 0.717) is 22.3 Å². The number of ether oxygens (including phenoxy) is 1. The van der Waals surface area contributed by atoms with Crippen LogP contribution in [0.25, 0.3) is 22.3 Å². The van der Waals surface area contributed by atoms with Gasteiger partial charge in [0.15, 0.2) is 17.5 Å². The molecule has 1 aromatic carbocycles. The number of Topliss-reactive ketones (excluding diaryl/α,β-unsaturated/α-hetero) is 1. The van der Waals surface area contributed by atoms with Crippen LogP contribution >= 0.6 is 0 Å². The number of esters is 1. The largest absolute Gasteiger partial charge is 0.451 e. The quantitative estimate of drug-likeness (QED) is 0.653. The molecule has 2 aromatic heterocycles. The van der Waals surface area contributed by atoms with Crippen molar-refractivity contribution in [3.8, 4) is 11.3 Å².